The summed E-state index contributed by atoms with van der Waals surface area (Å²) in [5.74, 6) is 0.472. The minimum absolute atomic E-state index is 0.0214. The van der Waals surface area contributed by atoms with Crippen molar-refractivity contribution in [3.63, 3.8) is 0 Å². The third kappa shape index (κ3) is 3.56. The summed E-state index contributed by atoms with van der Waals surface area (Å²) in [6.45, 7) is 4.40. The van der Waals surface area contributed by atoms with Gasteiger partial charge in [0.2, 0.25) is 0 Å². The van der Waals surface area contributed by atoms with Gasteiger partial charge in [0.1, 0.15) is 0 Å². The molecule has 1 aliphatic carbocycles. The Morgan fingerprint density at radius 1 is 1.53 bits per heavy atom. The quantitative estimate of drug-likeness (QED) is 0.779. The van der Waals surface area contributed by atoms with Crippen LogP contribution in [0.5, 0.6) is 0 Å². The molecule has 1 N–H and O–H groups in total. The van der Waals surface area contributed by atoms with E-state index in [1.807, 2.05) is 0 Å². The average Bonchev–Trinajstić information content (AvgIpc) is 3.18. The number of aromatic nitrogens is 2. The van der Waals surface area contributed by atoms with Gasteiger partial charge in [-0.3, -0.25) is 4.79 Å². The maximum absolute atomic E-state index is 12.1. The first-order valence-corrected chi connectivity index (χ1v) is 6.99. The molecule has 0 aromatic carbocycles. The maximum Gasteiger partial charge on any atom is 0.293 e. The Balaban J connectivity index is 1.96. The number of rotatable bonds is 8. The first-order valence-electron chi connectivity index (χ1n) is 6.99. The van der Waals surface area contributed by atoms with Gasteiger partial charge in [-0.05, 0) is 31.1 Å². The lowest BCUT2D eigenvalue weighted by atomic mass is 10.0. The molecule has 0 spiro atoms. The summed E-state index contributed by atoms with van der Waals surface area (Å²) in [7, 11) is 1.73. The molecule has 106 valence electrons. The van der Waals surface area contributed by atoms with Crippen LogP contribution < -0.4 is 10.9 Å². The molecule has 1 aliphatic rings. The monoisotopic (exact) mass is 265 g/mol. The van der Waals surface area contributed by atoms with Crippen LogP contribution >= 0.6 is 0 Å². The van der Waals surface area contributed by atoms with E-state index in [9.17, 15) is 4.79 Å². The first kappa shape index (κ1) is 14.1. The smallest absolute Gasteiger partial charge is 0.293 e. The largest absolute Gasteiger partial charge is 0.385 e. The molecule has 0 radical (unpaired) electrons. The summed E-state index contributed by atoms with van der Waals surface area (Å²) < 4.78 is 6.85. The second-order valence-electron chi connectivity index (χ2n) is 5.37. The summed E-state index contributed by atoms with van der Waals surface area (Å²) in [6.07, 6.45) is 7.84. The van der Waals surface area contributed by atoms with Gasteiger partial charge < -0.3 is 14.6 Å². The van der Waals surface area contributed by atoms with E-state index in [-0.39, 0.29) is 5.56 Å². The Bertz CT molecular complexity index is 466. The van der Waals surface area contributed by atoms with Crippen molar-refractivity contribution in [1.29, 1.82) is 0 Å². The molecule has 0 saturated heterocycles. The molecule has 2 rings (SSSR count). The Kier molecular flexibility index (Phi) is 4.58. The molecule has 0 bridgehead atoms. The SMILES string of the molecule is CCCn1ccnc(NCC2(CCOC)CC2)c1=O. The van der Waals surface area contributed by atoms with Crippen LogP contribution in [0.3, 0.4) is 0 Å². The van der Waals surface area contributed by atoms with E-state index in [1.54, 1.807) is 24.1 Å². The number of hydrogen-bond donors (Lipinski definition) is 1. The van der Waals surface area contributed by atoms with Crippen molar-refractivity contribution in [1.82, 2.24) is 9.55 Å². The van der Waals surface area contributed by atoms with Crippen molar-refractivity contribution in [3.05, 3.63) is 22.7 Å². The lowest BCUT2D eigenvalue weighted by Gasteiger charge is -2.16. The van der Waals surface area contributed by atoms with Crippen molar-refractivity contribution >= 4 is 5.82 Å². The van der Waals surface area contributed by atoms with Crippen LogP contribution in [0.25, 0.3) is 0 Å². The fourth-order valence-corrected chi connectivity index (χ4v) is 2.27. The molecule has 5 heteroatoms. The molecule has 1 aromatic heterocycles. The van der Waals surface area contributed by atoms with Crippen molar-refractivity contribution in [2.45, 2.75) is 39.2 Å². The van der Waals surface area contributed by atoms with Crippen LogP contribution in [0.15, 0.2) is 17.2 Å². The Hall–Kier alpha value is -1.36. The highest BCUT2D eigenvalue weighted by molar-refractivity contribution is 5.31. The Morgan fingerprint density at radius 3 is 2.95 bits per heavy atom. The van der Waals surface area contributed by atoms with E-state index >= 15 is 0 Å². The number of methoxy groups -OCH3 is 1. The highest BCUT2D eigenvalue weighted by Gasteiger charge is 2.41. The Morgan fingerprint density at radius 2 is 2.32 bits per heavy atom. The summed E-state index contributed by atoms with van der Waals surface area (Å²) in [5, 5.41) is 3.22. The fraction of sp³-hybridized carbons (Fsp3) is 0.714. The van der Waals surface area contributed by atoms with Gasteiger partial charge in [-0.2, -0.15) is 0 Å². The molecule has 5 nitrogen and oxygen atoms in total. The van der Waals surface area contributed by atoms with Gasteiger partial charge in [0.15, 0.2) is 5.82 Å². The molecule has 1 saturated carbocycles. The van der Waals surface area contributed by atoms with E-state index in [1.165, 1.54) is 12.8 Å². The van der Waals surface area contributed by atoms with Crippen LogP contribution in [0.4, 0.5) is 5.82 Å². The lowest BCUT2D eigenvalue weighted by Crippen LogP contribution is -2.27. The zero-order chi connectivity index (χ0) is 13.7. The second-order valence-corrected chi connectivity index (χ2v) is 5.37. The van der Waals surface area contributed by atoms with Crippen LogP contribution in [-0.2, 0) is 11.3 Å². The number of anilines is 1. The van der Waals surface area contributed by atoms with E-state index in [0.29, 0.717) is 11.2 Å². The second kappa shape index (κ2) is 6.19. The van der Waals surface area contributed by atoms with Crippen LogP contribution in [0, 0.1) is 5.41 Å². The standard InChI is InChI=1S/C14H23N3O2/c1-3-8-17-9-7-15-12(13(17)18)16-11-14(4-5-14)6-10-19-2/h7,9H,3-6,8,10-11H2,1-2H3,(H,15,16). The van der Waals surface area contributed by atoms with Gasteiger partial charge >= 0.3 is 0 Å². The molecular weight excluding hydrogens is 242 g/mol. The molecule has 1 aromatic rings. The molecule has 19 heavy (non-hydrogen) atoms. The predicted molar refractivity (Wildman–Crippen MR) is 75.4 cm³/mol. The highest BCUT2D eigenvalue weighted by atomic mass is 16.5. The van der Waals surface area contributed by atoms with Gasteiger partial charge in [0, 0.05) is 39.2 Å². The summed E-state index contributed by atoms with van der Waals surface area (Å²) in [4.78, 5) is 16.3. The normalized spacial score (nSPS) is 16.3. The molecular formula is C14H23N3O2. The van der Waals surface area contributed by atoms with Gasteiger partial charge in [-0.25, -0.2) is 4.98 Å². The van der Waals surface area contributed by atoms with Gasteiger partial charge in [0.25, 0.3) is 5.56 Å². The number of nitrogens with zero attached hydrogens (tertiary/aromatic N) is 2. The fourth-order valence-electron chi connectivity index (χ4n) is 2.27. The summed E-state index contributed by atoms with van der Waals surface area (Å²) >= 11 is 0. The summed E-state index contributed by atoms with van der Waals surface area (Å²) in [6, 6.07) is 0. The van der Waals surface area contributed by atoms with Gasteiger partial charge in [0.05, 0.1) is 0 Å². The topological polar surface area (TPSA) is 56.1 Å². The average molecular weight is 265 g/mol. The Labute approximate surface area is 114 Å². The number of ether oxygens (including phenoxy) is 1. The minimum Gasteiger partial charge on any atom is -0.385 e. The third-order valence-electron chi connectivity index (χ3n) is 3.80. The third-order valence-corrected chi connectivity index (χ3v) is 3.80. The number of aryl methyl sites for hydroxylation is 1. The molecule has 0 unspecified atom stereocenters. The number of hydrogen-bond acceptors (Lipinski definition) is 4. The van der Waals surface area contributed by atoms with Crippen LogP contribution in [0.1, 0.15) is 32.6 Å². The zero-order valence-corrected chi connectivity index (χ0v) is 11.8. The van der Waals surface area contributed by atoms with Crippen molar-refractivity contribution in [2.24, 2.45) is 5.41 Å². The van der Waals surface area contributed by atoms with Crippen LogP contribution in [-0.4, -0.2) is 29.8 Å². The zero-order valence-electron chi connectivity index (χ0n) is 11.8. The van der Waals surface area contributed by atoms with E-state index in [0.717, 1.165) is 32.5 Å². The van der Waals surface area contributed by atoms with Crippen molar-refractivity contribution in [2.75, 3.05) is 25.6 Å². The van der Waals surface area contributed by atoms with Crippen molar-refractivity contribution in [3.8, 4) is 0 Å². The molecule has 0 amide bonds. The highest BCUT2D eigenvalue weighted by Crippen LogP contribution is 2.48. The molecule has 0 atom stereocenters. The molecule has 1 fully saturated rings. The number of nitrogens with one attached hydrogen (secondary N) is 1. The van der Waals surface area contributed by atoms with E-state index in [2.05, 4.69) is 17.2 Å². The van der Waals surface area contributed by atoms with Crippen molar-refractivity contribution < 1.29 is 4.74 Å². The minimum atomic E-state index is -0.0214. The lowest BCUT2D eigenvalue weighted by molar-refractivity contribution is 0.175. The summed E-state index contributed by atoms with van der Waals surface area (Å²) in [5.41, 5.74) is 0.294. The van der Waals surface area contributed by atoms with Gasteiger partial charge in [-0.1, -0.05) is 6.92 Å². The van der Waals surface area contributed by atoms with E-state index in [4.69, 9.17) is 4.74 Å². The van der Waals surface area contributed by atoms with Gasteiger partial charge in [-0.15, -0.1) is 0 Å². The first-order chi connectivity index (χ1) is 9.21. The van der Waals surface area contributed by atoms with Crippen LogP contribution in [0.2, 0.25) is 0 Å². The molecule has 0 aliphatic heterocycles. The molecule has 1 heterocycles. The maximum atomic E-state index is 12.1. The predicted octanol–water partition coefficient (Wildman–Crippen LogP) is 1.88. The van der Waals surface area contributed by atoms with E-state index < -0.39 is 0 Å².